The molecule has 3 rings (SSSR count). The molecule has 2 aliphatic heterocycles. The topological polar surface area (TPSA) is 45.5 Å². The summed E-state index contributed by atoms with van der Waals surface area (Å²) in [6, 6.07) is 3.39. The number of hydrogen-bond acceptors (Lipinski definition) is 3. The van der Waals surface area contributed by atoms with E-state index in [2.05, 4.69) is 5.32 Å². The van der Waals surface area contributed by atoms with Gasteiger partial charge in [-0.25, -0.2) is 0 Å². The summed E-state index contributed by atoms with van der Waals surface area (Å²) in [5.74, 6) is 0.507. The second-order valence-electron chi connectivity index (χ2n) is 5.61. The lowest BCUT2D eigenvalue weighted by Gasteiger charge is -2.35. The summed E-state index contributed by atoms with van der Waals surface area (Å²) >= 11 is 0. The van der Waals surface area contributed by atoms with Gasteiger partial charge in [0.1, 0.15) is 0 Å². The Bertz CT molecular complexity index is 448. The Morgan fingerprint density at radius 3 is 2.53 bits per heavy atom. The molecule has 2 atom stereocenters. The molecular weight excluding hydrogens is 264 g/mol. The van der Waals surface area contributed by atoms with Crippen molar-refractivity contribution < 1.29 is 9.21 Å². The van der Waals surface area contributed by atoms with E-state index in [1.165, 1.54) is 12.8 Å². The third-order valence-electron chi connectivity index (χ3n) is 4.37. The zero-order valence-electron chi connectivity index (χ0n) is 11.4. The second kappa shape index (κ2) is 5.55. The molecule has 0 spiro atoms. The number of carbonyl (C=O) groups excluding carboxylic acids is 1. The zero-order valence-corrected chi connectivity index (χ0v) is 12.2. The molecule has 0 radical (unpaired) electrons. The molecule has 2 fully saturated rings. The maximum Gasteiger partial charge on any atom is 0.289 e. The second-order valence-corrected chi connectivity index (χ2v) is 5.61. The summed E-state index contributed by atoms with van der Waals surface area (Å²) in [7, 11) is 1.90. The molecule has 2 unspecified atom stereocenters. The summed E-state index contributed by atoms with van der Waals surface area (Å²) in [6.07, 6.45) is 6.23. The van der Waals surface area contributed by atoms with Crippen LogP contribution in [0.3, 0.4) is 0 Å². The largest absolute Gasteiger partial charge is 0.459 e. The molecule has 3 heterocycles. The Labute approximate surface area is 119 Å². The minimum Gasteiger partial charge on any atom is -0.459 e. The number of aryl methyl sites for hydroxylation is 1. The van der Waals surface area contributed by atoms with E-state index < -0.39 is 0 Å². The minimum absolute atomic E-state index is 0. The first-order valence-electron chi connectivity index (χ1n) is 6.72. The van der Waals surface area contributed by atoms with Crippen molar-refractivity contribution in [1.29, 1.82) is 0 Å². The Kier molecular flexibility index (Phi) is 4.21. The van der Waals surface area contributed by atoms with Crippen LogP contribution in [0.15, 0.2) is 16.7 Å². The fraction of sp³-hybridized carbons (Fsp3) is 0.643. The van der Waals surface area contributed by atoms with Gasteiger partial charge in [-0.2, -0.15) is 0 Å². The standard InChI is InChI=1S/C14H20N2O2.ClH/c1-9-5-6-18-13(9)14(17)16(2)12-7-10-3-4-11(8-12)15-10;/h5-6,10-12,15H,3-4,7-8H2,1-2H3;1H. The van der Waals surface area contributed by atoms with Crippen LogP contribution in [0.5, 0.6) is 0 Å². The van der Waals surface area contributed by atoms with Crippen LogP contribution in [0.25, 0.3) is 0 Å². The molecule has 1 aromatic heterocycles. The first-order valence-corrected chi connectivity index (χ1v) is 6.72. The number of amides is 1. The van der Waals surface area contributed by atoms with E-state index >= 15 is 0 Å². The highest BCUT2D eigenvalue weighted by Gasteiger charge is 2.37. The van der Waals surface area contributed by atoms with Crippen molar-refractivity contribution in [3.05, 3.63) is 23.7 Å². The quantitative estimate of drug-likeness (QED) is 0.907. The predicted octanol–water partition coefficient (Wildman–Crippen LogP) is 2.36. The monoisotopic (exact) mass is 284 g/mol. The zero-order chi connectivity index (χ0) is 12.7. The Balaban J connectivity index is 0.00000133. The molecule has 0 aromatic carbocycles. The lowest BCUT2D eigenvalue weighted by atomic mass is 9.98. The third-order valence-corrected chi connectivity index (χ3v) is 4.37. The number of piperidine rings is 1. The number of hydrogen-bond donors (Lipinski definition) is 1. The van der Waals surface area contributed by atoms with Gasteiger partial charge in [0.2, 0.25) is 0 Å². The highest BCUT2D eigenvalue weighted by Crippen LogP contribution is 2.30. The molecule has 1 N–H and O–H groups in total. The number of nitrogens with one attached hydrogen (secondary N) is 1. The van der Waals surface area contributed by atoms with Crippen molar-refractivity contribution in [3.8, 4) is 0 Å². The SMILES string of the molecule is Cc1ccoc1C(=O)N(C)C1CC2CCC(C1)N2.Cl. The molecule has 4 nitrogen and oxygen atoms in total. The Hall–Kier alpha value is -1.00. The lowest BCUT2D eigenvalue weighted by molar-refractivity contribution is 0.0648. The number of carbonyl (C=O) groups is 1. The summed E-state index contributed by atoms with van der Waals surface area (Å²) in [5, 5.41) is 3.60. The molecule has 2 saturated heterocycles. The average molecular weight is 285 g/mol. The van der Waals surface area contributed by atoms with Gasteiger partial charge in [-0.15, -0.1) is 12.4 Å². The first kappa shape index (κ1) is 14.4. The van der Waals surface area contributed by atoms with Crippen molar-refractivity contribution in [2.24, 2.45) is 0 Å². The molecule has 1 aromatic rings. The molecule has 0 aliphatic carbocycles. The van der Waals surface area contributed by atoms with Gasteiger partial charge in [0.25, 0.3) is 5.91 Å². The predicted molar refractivity (Wildman–Crippen MR) is 75.8 cm³/mol. The van der Waals surface area contributed by atoms with Gasteiger partial charge in [-0.3, -0.25) is 4.79 Å². The van der Waals surface area contributed by atoms with E-state index in [-0.39, 0.29) is 18.3 Å². The molecule has 0 saturated carbocycles. The van der Waals surface area contributed by atoms with Crippen LogP contribution in [-0.2, 0) is 0 Å². The van der Waals surface area contributed by atoms with Crippen LogP contribution in [0.1, 0.15) is 41.8 Å². The van der Waals surface area contributed by atoms with Crippen LogP contribution >= 0.6 is 12.4 Å². The van der Waals surface area contributed by atoms with Gasteiger partial charge in [0.15, 0.2) is 5.76 Å². The number of halogens is 1. The maximum atomic E-state index is 12.4. The molecular formula is C14H21ClN2O2. The average Bonchev–Trinajstić information content (AvgIpc) is 2.93. The third kappa shape index (κ3) is 2.65. The smallest absolute Gasteiger partial charge is 0.289 e. The number of fused-ring (bicyclic) bond motifs is 2. The van der Waals surface area contributed by atoms with Crippen LogP contribution in [0.2, 0.25) is 0 Å². The summed E-state index contributed by atoms with van der Waals surface area (Å²) in [6.45, 7) is 1.91. The number of rotatable bonds is 2. The van der Waals surface area contributed by atoms with Gasteiger partial charge in [-0.05, 0) is 38.7 Å². The summed E-state index contributed by atoms with van der Waals surface area (Å²) in [4.78, 5) is 14.2. The highest BCUT2D eigenvalue weighted by molar-refractivity contribution is 5.92. The Morgan fingerprint density at radius 2 is 2.00 bits per heavy atom. The summed E-state index contributed by atoms with van der Waals surface area (Å²) < 4.78 is 5.30. The van der Waals surface area contributed by atoms with Crippen LogP contribution < -0.4 is 5.32 Å². The van der Waals surface area contributed by atoms with Crippen molar-refractivity contribution in [2.75, 3.05) is 7.05 Å². The van der Waals surface area contributed by atoms with Crippen molar-refractivity contribution in [2.45, 2.75) is 50.7 Å². The van der Waals surface area contributed by atoms with Crippen molar-refractivity contribution >= 4 is 18.3 Å². The molecule has 2 bridgehead atoms. The number of nitrogens with zero attached hydrogens (tertiary/aromatic N) is 1. The molecule has 106 valence electrons. The van der Waals surface area contributed by atoms with E-state index in [1.807, 2.05) is 24.9 Å². The minimum atomic E-state index is 0. The molecule has 19 heavy (non-hydrogen) atoms. The number of furan rings is 1. The van der Waals surface area contributed by atoms with Crippen molar-refractivity contribution in [3.63, 3.8) is 0 Å². The van der Waals surface area contributed by atoms with Crippen LogP contribution in [0, 0.1) is 6.92 Å². The highest BCUT2D eigenvalue weighted by atomic mass is 35.5. The van der Waals surface area contributed by atoms with E-state index in [9.17, 15) is 4.79 Å². The van der Waals surface area contributed by atoms with Crippen molar-refractivity contribution in [1.82, 2.24) is 10.2 Å². The van der Waals surface area contributed by atoms with Gasteiger partial charge >= 0.3 is 0 Å². The Morgan fingerprint density at radius 1 is 1.37 bits per heavy atom. The maximum absolute atomic E-state index is 12.4. The van der Waals surface area contributed by atoms with E-state index in [0.717, 1.165) is 18.4 Å². The van der Waals surface area contributed by atoms with Crippen LogP contribution in [-0.4, -0.2) is 36.0 Å². The van der Waals surface area contributed by atoms with Gasteiger partial charge in [-0.1, -0.05) is 0 Å². The van der Waals surface area contributed by atoms with E-state index in [4.69, 9.17) is 4.42 Å². The van der Waals surface area contributed by atoms with E-state index in [0.29, 0.717) is 23.9 Å². The fourth-order valence-electron chi connectivity index (χ4n) is 3.26. The van der Waals surface area contributed by atoms with Gasteiger partial charge in [0, 0.05) is 30.7 Å². The fourth-order valence-corrected chi connectivity index (χ4v) is 3.26. The summed E-state index contributed by atoms with van der Waals surface area (Å²) in [5.41, 5.74) is 0.920. The molecule has 5 heteroatoms. The molecule has 1 amide bonds. The van der Waals surface area contributed by atoms with E-state index in [1.54, 1.807) is 6.26 Å². The van der Waals surface area contributed by atoms with Gasteiger partial charge in [0.05, 0.1) is 6.26 Å². The van der Waals surface area contributed by atoms with Crippen LogP contribution in [0.4, 0.5) is 0 Å². The van der Waals surface area contributed by atoms with Gasteiger partial charge < -0.3 is 14.6 Å². The first-order chi connectivity index (χ1) is 8.65. The normalized spacial score (nSPS) is 28.8. The lowest BCUT2D eigenvalue weighted by Crippen LogP contribution is -2.48. The molecule has 2 aliphatic rings.